The minimum Gasteiger partial charge on any atom is -0.491 e. The Morgan fingerprint density at radius 2 is 1.48 bits per heavy atom. The zero-order valence-electron chi connectivity index (χ0n) is 15.1. The standard InChI is InChI=1S/C21H15N5O3/c27-21-19(24-23-16-9-5-2-6-10-16)22-20(15-7-3-1-4-8-15)25(21)17-11-13-18(14-12-17)26(28)29/h1-14,27H. The van der Waals surface area contributed by atoms with E-state index in [2.05, 4.69) is 15.2 Å². The molecule has 0 aliphatic heterocycles. The van der Waals surface area contributed by atoms with Crippen molar-refractivity contribution in [1.82, 2.24) is 9.55 Å². The normalized spacial score (nSPS) is 11.0. The first kappa shape index (κ1) is 18.1. The number of nitro benzene ring substituents is 1. The number of aromatic hydroxyl groups is 1. The SMILES string of the molecule is O=[N+]([O-])c1ccc(-n2c(-c3ccccc3)nc(N=Nc3ccccc3)c2O)cc1. The largest absolute Gasteiger partial charge is 0.491 e. The third-order valence-corrected chi connectivity index (χ3v) is 4.20. The summed E-state index contributed by atoms with van der Waals surface area (Å²) in [5, 5.41) is 29.9. The van der Waals surface area contributed by atoms with E-state index in [-0.39, 0.29) is 17.4 Å². The van der Waals surface area contributed by atoms with E-state index in [4.69, 9.17) is 0 Å². The average molecular weight is 385 g/mol. The Morgan fingerprint density at radius 1 is 0.862 bits per heavy atom. The second-order valence-electron chi connectivity index (χ2n) is 6.09. The van der Waals surface area contributed by atoms with E-state index in [0.29, 0.717) is 17.2 Å². The predicted octanol–water partition coefficient (Wildman–Crippen LogP) is 5.57. The van der Waals surface area contributed by atoms with E-state index >= 15 is 0 Å². The van der Waals surface area contributed by atoms with Gasteiger partial charge in [-0.3, -0.25) is 14.7 Å². The summed E-state index contributed by atoms with van der Waals surface area (Å²) in [6.07, 6.45) is 0. The van der Waals surface area contributed by atoms with Crippen LogP contribution in [0.1, 0.15) is 0 Å². The fourth-order valence-corrected chi connectivity index (χ4v) is 2.82. The number of rotatable bonds is 5. The quantitative estimate of drug-likeness (QED) is 0.275. The highest BCUT2D eigenvalue weighted by Crippen LogP contribution is 2.36. The molecule has 0 aliphatic carbocycles. The average Bonchev–Trinajstić information content (AvgIpc) is 3.10. The van der Waals surface area contributed by atoms with Crippen LogP contribution in [0.3, 0.4) is 0 Å². The molecule has 1 N–H and O–H groups in total. The summed E-state index contributed by atoms with van der Waals surface area (Å²) in [7, 11) is 0. The molecule has 0 spiro atoms. The van der Waals surface area contributed by atoms with Crippen LogP contribution < -0.4 is 0 Å². The molecule has 8 nitrogen and oxygen atoms in total. The van der Waals surface area contributed by atoms with Gasteiger partial charge in [0.05, 0.1) is 16.3 Å². The van der Waals surface area contributed by atoms with Crippen molar-refractivity contribution >= 4 is 17.2 Å². The summed E-state index contributed by atoms with van der Waals surface area (Å²) in [5.41, 5.74) is 1.85. The van der Waals surface area contributed by atoms with Crippen LogP contribution in [0.15, 0.2) is 95.2 Å². The molecule has 0 saturated carbocycles. The summed E-state index contributed by atoms with van der Waals surface area (Å²) in [5.74, 6) is 0.280. The molecule has 0 amide bonds. The second kappa shape index (κ2) is 7.73. The highest BCUT2D eigenvalue weighted by molar-refractivity contribution is 5.65. The highest BCUT2D eigenvalue weighted by Gasteiger charge is 2.20. The van der Waals surface area contributed by atoms with Gasteiger partial charge in [-0.15, -0.1) is 10.2 Å². The molecule has 3 aromatic carbocycles. The molecule has 1 aromatic heterocycles. The maximum atomic E-state index is 10.9. The fraction of sp³-hybridized carbons (Fsp3) is 0. The second-order valence-corrected chi connectivity index (χ2v) is 6.09. The van der Waals surface area contributed by atoms with E-state index in [9.17, 15) is 15.2 Å². The zero-order chi connectivity index (χ0) is 20.2. The number of non-ortho nitro benzene ring substituents is 1. The molecule has 0 unspecified atom stereocenters. The molecule has 1 heterocycles. The van der Waals surface area contributed by atoms with Crippen LogP contribution in [-0.4, -0.2) is 19.6 Å². The van der Waals surface area contributed by atoms with Crippen molar-refractivity contribution in [3.8, 4) is 23.0 Å². The molecule has 29 heavy (non-hydrogen) atoms. The van der Waals surface area contributed by atoms with Crippen LogP contribution in [0.5, 0.6) is 5.88 Å². The molecule has 8 heteroatoms. The third kappa shape index (κ3) is 3.72. The smallest absolute Gasteiger partial charge is 0.269 e. The summed E-state index contributed by atoms with van der Waals surface area (Å²) < 4.78 is 1.48. The maximum Gasteiger partial charge on any atom is 0.269 e. The van der Waals surface area contributed by atoms with Gasteiger partial charge in [0, 0.05) is 17.7 Å². The van der Waals surface area contributed by atoms with Gasteiger partial charge in [-0.2, -0.15) is 0 Å². The number of imidazole rings is 1. The number of azo groups is 1. The molecule has 142 valence electrons. The van der Waals surface area contributed by atoms with Crippen molar-refractivity contribution in [3.63, 3.8) is 0 Å². The number of benzene rings is 3. The van der Waals surface area contributed by atoms with Crippen molar-refractivity contribution in [2.24, 2.45) is 10.2 Å². The Balaban J connectivity index is 1.83. The number of hydrogen-bond donors (Lipinski definition) is 1. The molecular weight excluding hydrogens is 370 g/mol. The van der Waals surface area contributed by atoms with E-state index in [1.165, 1.54) is 16.7 Å². The fourth-order valence-electron chi connectivity index (χ4n) is 2.82. The van der Waals surface area contributed by atoms with E-state index in [0.717, 1.165) is 5.56 Å². The summed E-state index contributed by atoms with van der Waals surface area (Å²) in [6, 6.07) is 24.2. The van der Waals surface area contributed by atoms with Crippen LogP contribution >= 0.6 is 0 Å². The minimum absolute atomic E-state index is 0.0430. The third-order valence-electron chi connectivity index (χ3n) is 4.20. The Hall–Kier alpha value is -4.33. The van der Waals surface area contributed by atoms with E-state index < -0.39 is 4.92 Å². The van der Waals surface area contributed by atoms with Gasteiger partial charge in [-0.1, -0.05) is 48.5 Å². The first-order chi connectivity index (χ1) is 14.1. The van der Waals surface area contributed by atoms with Crippen LogP contribution in [-0.2, 0) is 0 Å². The minimum atomic E-state index is -0.477. The lowest BCUT2D eigenvalue weighted by Crippen LogP contribution is -1.97. The van der Waals surface area contributed by atoms with Gasteiger partial charge in [0.15, 0.2) is 0 Å². The molecule has 4 rings (SSSR count). The number of nitro groups is 1. The van der Waals surface area contributed by atoms with Gasteiger partial charge >= 0.3 is 0 Å². The zero-order valence-corrected chi connectivity index (χ0v) is 15.1. The summed E-state index contributed by atoms with van der Waals surface area (Å²) in [4.78, 5) is 14.9. The molecule has 0 atom stereocenters. The van der Waals surface area contributed by atoms with Crippen molar-refractivity contribution < 1.29 is 10.0 Å². The number of aromatic nitrogens is 2. The monoisotopic (exact) mass is 385 g/mol. The summed E-state index contributed by atoms with van der Waals surface area (Å²) in [6.45, 7) is 0. The van der Waals surface area contributed by atoms with Gasteiger partial charge < -0.3 is 5.11 Å². The lowest BCUT2D eigenvalue weighted by Gasteiger charge is -2.08. The van der Waals surface area contributed by atoms with Gasteiger partial charge in [0.1, 0.15) is 5.82 Å². The molecular formula is C21H15N5O3. The van der Waals surface area contributed by atoms with E-state index in [1.54, 1.807) is 24.3 Å². The number of nitrogens with zero attached hydrogens (tertiary/aromatic N) is 5. The lowest BCUT2D eigenvalue weighted by atomic mass is 10.2. The predicted molar refractivity (Wildman–Crippen MR) is 108 cm³/mol. The molecule has 0 radical (unpaired) electrons. The highest BCUT2D eigenvalue weighted by atomic mass is 16.6. The first-order valence-electron chi connectivity index (χ1n) is 8.72. The van der Waals surface area contributed by atoms with Crippen molar-refractivity contribution in [3.05, 3.63) is 95.0 Å². The molecule has 0 bridgehead atoms. The Bertz CT molecular complexity index is 1170. The van der Waals surface area contributed by atoms with Gasteiger partial charge in [-0.25, -0.2) is 4.98 Å². The topological polar surface area (TPSA) is 106 Å². The van der Waals surface area contributed by atoms with Crippen LogP contribution in [0.2, 0.25) is 0 Å². The van der Waals surface area contributed by atoms with Crippen LogP contribution in [0.4, 0.5) is 17.2 Å². The Kier molecular flexibility index (Phi) is 4.81. The van der Waals surface area contributed by atoms with Crippen molar-refractivity contribution in [1.29, 1.82) is 0 Å². The van der Waals surface area contributed by atoms with Crippen molar-refractivity contribution in [2.75, 3.05) is 0 Å². The molecule has 4 aromatic rings. The van der Waals surface area contributed by atoms with Gasteiger partial charge in [0.2, 0.25) is 11.7 Å². The van der Waals surface area contributed by atoms with Crippen LogP contribution in [0, 0.1) is 10.1 Å². The Morgan fingerprint density at radius 3 is 2.10 bits per heavy atom. The first-order valence-corrected chi connectivity index (χ1v) is 8.72. The van der Waals surface area contributed by atoms with Crippen LogP contribution in [0.25, 0.3) is 17.1 Å². The molecule has 0 saturated heterocycles. The maximum absolute atomic E-state index is 10.9. The van der Waals surface area contributed by atoms with Gasteiger partial charge in [0.25, 0.3) is 5.69 Å². The van der Waals surface area contributed by atoms with Gasteiger partial charge in [-0.05, 0) is 24.3 Å². The summed E-state index contributed by atoms with van der Waals surface area (Å²) >= 11 is 0. The Labute approximate surface area is 165 Å². The number of hydrogen-bond acceptors (Lipinski definition) is 6. The molecule has 0 aliphatic rings. The lowest BCUT2D eigenvalue weighted by molar-refractivity contribution is -0.384. The van der Waals surface area contributed by atoms with E-state index in [1.807, 2.05) is 48.5 Å². The molecule has 0 fully saturated rings. The van der Waals surface area contributed by atoms with Crippen molar-refractivity contribution in [2.45, 2.75) is 0 Å².